The second-order valence-electron chi connectivity index (χ2n) is 11.1. The van der Waals surface area contributed by atoms with Gasteiger partial charge in [0.05, 0.1) is 48.2 Å². The Morgan fingerprint density at radius 3 is 2.71 bits per heavy atom. The van der Waals surface area contributed by atoms with Gasteiger partial charge in [-0.15, -0.1) is 0 Å². The highest BCUT2D eigenvalue weighted by atomic mass is 19.1. The number of cyclic esters (lactones) is 1. The summed E-state index contributed by atoms with van der Waals surface area (Å²) >= 11 is 0. The van der Waals surface area contributed by atoms with Crippen LogP contribution in [-0.4, -0.2) is 62.1 Å². The normalized spacial score (nSPS) is 20.0. The Labute approximate surface area is 239 Å². The van der Waals surface area contributed by atoms with Gasteiger partial charge in [0, 0.05) is 36.0 Å². The molecule has 0 fully saturated rings. The van der Waals surface area contributed by atoms with Crippen LogP contribution in [0.2, 0.25) is 0 Å². The molecule has 0 saturated heterocycles. The van der Waals surface area contributed by atoms with E-state index in [1.54, 1.807) is 19.9 Å². The van der Waals surface area contributed by atoms with E-state index in [1.165, 1.54) is 22.5 Å². The van der Waals surface area contributed by atoms with Crippen molar-refractivity contribution in [2.24, 2.45) is 0 Å². The van der Waals surface area contributed by atoms with Crippen LogP contribution in [0.5, 0.6) is 0 Å². The van der Waals surface area contributed by atoms with Gasteiger partial charge >= 0.3 is 5.97 Å². The maximum atomic E-state index is 15.1. The van der Waals surface area contributed by atoms with E-state index in [9.17, 15) is 29.4 Å². The lowest BCUT2D eigenvalue weighted by molar-refractivity contribution is -0.172. The SMILES string of the molecule is CC[C@@]1(O)C(=O)OCc2c1cc1n(c2=O)Cc2c-1nc1cc(F)c(C)c3c1c2[C@@H](NC(=O)CN(CCO)C(C)=O)CC3. The topological polar surface area (TPSA) is 151 Å². The Kier molecular flexibility index (Phi) is 6.65. The van der Waals surface area contributed by atoms with E-state index in [2.05, 4.69) is 5.32 Å². The van der Waals surface area contributed by atoms with E-state index >= 15 is 4.39 Å². The molecule has 1 aromatic carbocycles. The van der Waals surface area contributed by atoms with E-state index in [4.69, 9.17) is 9.72 Å². The number of nitrogens with one attached hydrogen (secondary N) is 1. The fraction of sp³-hybridized carbons (Fsp3) is 0.433. The Balaban J connectivity index is 1.53. The van der Waals surface area contributed by atoms with Gasteiger partial charge in [-0.05, 0) is 48.9 Å². The van der Waals surface area contributed by atoms with Crippen LogP contribution in [0.4, 0.5) is 4.39 Å². The molecule has 3 N–H and O–H groups in total. The van der Waals surface area contributed by atoms with Gasteiger partial charge in [-0.2, -0.15) is 0 Å². The zero-order valence-corrected chi connectivity index (χ0v) is 23.5. The van der Waals surface area contributed by atoms with E-state index in [0.717, 1.165) is 16.5 Å². The number of nitrogens with zero attached hydrogens (tertiary/aromatic N) is 3. The number of fused-ring (bicyclic) bond motifs is 5. The summed E-state index contributed by atoms with van der Waals surface area (Å²) in [4.78, 5) is 57.4. The molecule has 0 bridgehead atoms. The van der Waals surface area contributed by atoms with Crippen LogP contribution in [0.15, 0.2) is 16.9 Å². The van der Waals surface area contributed by atoms with Crippen molar-refractivity contribution in [3.8, 4) is 11.4 Å². The van der Waals surface area contributed by atoms with Gasteiger partial charge < -0.3 is 29.7 Å². The Morgan fingerprint density at radius 1 is 1.26 bits per heavy atom. The first-order valence-electron chi connectivity index (χ1n) is 14.0. The van der Waals surface area contributed by atoms with Crippen LogP contribution < -0.4 is 10.9 Å². The quantitative estimate of drug-likeness (QED) is 0.291. The number of rotatable bonds is 6. The molecule has 220 valence electrons. The minimum absolute atomic E-state index is 0.000494. The number of pyridine rings is 2. The summed E-state index contributed by atoms with van der Waals surface area (Å²) < 4.78 is 21.7. The summed E-state index contributed by atoms with van der Waals surface area (Å²) in [6.45, 7) is 4.00. The van der Waals surface area contributed by atoms with Crippen molar-refractivity contribution in [3.05, 3.63) is 61.7 Å². The van der Waals surface area contributed by atoms with Crippen molar-refractivity contribution < 1.29 is 33.7 Å². The first-order valence-corrected chi connectivity index (χ1v) is 14.0. The number of hydrogen-bond acceptors (Lipinski definition) is 8. The number of carbonyl (C=O) groups is 3. The number of ether oxygens (including phenoxy) is 1. The molecule has 0 saturated carbocycles. The lowest BCUT2D eigenvalue weighted by Crippen LogP contribution is -2.44. The predicted octanol–water partition coefficient (Wildman–Crippen LogP) is 1.47. The molecule has 6 rings (SSSR count). The molecule has 2 aromatic heterocycles. The molecule has 0 unspecified atom stereocenters. The smallest absolute Gasteiger partial charge is 0.343 e. The summed E-state index contributed by atoms with van der Waals surface area (Å²) in [7, 11) is 0. The van der Waals surface area contributed by atoms with E-state index in [1.807, 2.05) is 0 Å². The molecule has 2 atom stereocenters. The Bertz CT molecular complexity index is 1770. The lowest BCUT2D eigenvalue weighted by atomic mass is 9.81. The summed E-state index contributed by atoms with van der Waals surface area (Å²) in [5, 5.41) is 24.2. The van der Waals surface area contributed by atoms with E-state index in [0.29, 0.717) is 40.9 Å². The van der Waals surface area contributed by atoms with Crippen LogP contribution in [0.25, 0.3) is 22.3 Å². The van der Waals surface area contributed by atoms with Crippen molar-refractivity contribution in [3.63, 3.8) is 0 Å². The molecule has 0 radical (unpaired) electrons. The third kappa shape index (κ3) is 4.03. The zero-order valence-electron chi connectivity index (χ0n) is 23.5. The van der Waals surface area contributed by atoms with Crippen molar-refractivity contribution in [2.75, 3.05) is 19.7 Å². The second kappa shape index (κ2) is 9.99. The summed E-state index contributed by atoms with van der Waals surface area (Å²) in [5.41, 5.74) is 1.82. The molecule has 12 heteroatoms. The van der Waals surface area contributed by atoms with Crippen LogP contribution in [0.1, 0.15) is 66.1 Å². The van der Waals surface area contributed by atoms with Crippen LogP contribution in [0, 0.1) is 12.7 Å². The standard InChI is InChI=1S/C30H31FN4O7/c1-4-30(41)19-9-23-27-17(11-35(23)28(39)18(19)13-42-29(30)40)26-21(32-24(38)12-34(7-8-36)15(3)37)6-5-16-14(2)20(31)10-22(33-27)25(16)26/h9-10,21,36,41H,4-8,11-13H2,1-3H3,(H,32,38)/t21-,30-/m0/s1. The van der Waals surface area contributed by atoms with Crippen molar-refractivity contribution in [1.82, 2.24) is 19.8 Å². The minimum Gasteiger partial charge on any atom is -0.458 e. The number of hydrogen-bond donors (Lipinski definition) is 3. The van der Waals surface area contributed by atoms with Gasteiger partial charge in [0.15, 0.2) is 5.60 Å². The molecule has 42 heavy (non-hydrogen) atoms. The highest BCUT2D eigenvalue weighted by Gasteiger charge is 2.46. The molecule has 11 nitrogen and oxygen atoms in total. The van der Waals surface area contributed by atoms with E-state index < -0.39 is 34.9 Å². The third-order valence-corrected chi connectivity index (χ3v) is 8.86. The fourth-order valence-corrected chi connectivity index (χ4v) is 6.58. The van der Waals surface area contributed by atoms with Crippen LogP contribution >= 0.6 is 0 Å². The maximum Gasteiger partial charge on any atom is 0.343 e. The molecule has 4 heterocycles. The van der Waals surface area contributed by atoms with Gasteiger partial charge in [-0.25, -0.2) is 14.2 Å². The fourth-order valence-electron chi connectivity index (χ4n) is 6.58. The second-order valence-corrected chi connectivity index (χ2v) is 11.1. The number of esters is 1. The van der Waals surface area contributed by atoms with Crippen molar-refractivity contribution in [2.45, 2.75) is 64.8 Å². The Morgan fingerprint density at radius 2 is 2.02 bits per heavy atom. The molecule has 3 aromatic rings. The third-order valence-electron chi connectivity index (χ3n) is 8.86. The summed E-state index contributed by atoms with van der Waals surface area (Å²) in [6.07, 6.45) is 0.935. The van der Waals surface area contributed by atoms with Crippen molar-refractivity contribution >= 4 is 28.7 Å². The lowest BCUT2D eigenvalue weighted by Gasteiger charge is -2.31. The molecule has 3 aliphatic rings. The van der Waals surface area contributed by atoms with Crippen LogP contribution in [-0.2, 0) is 44.3 Å². The number of aromatic nitrogens is 2. The van der Waals surface area contributed by atoms with Crippen molar-refractivity contribution in [1.29, 1.82) is 0 Å². The molecular weight excluding hydrogens is 547 g/mol. The number of benzene rings is 1. The number of carbonyl (C=O) groups excluding carboxylic acids is 3. The molecule has 1 aliphatic carbocycles. The number of aliphatic hydroxyl groups excluding tert-OH is 1. The molecule has 2 aliphatic heterocycles. The first kappa shape index (κ1) is 28.0. The highest BCUT2D eigenvalue weighted by Crippen LogP contribution is 2.45. The molecule has 0 spiro atoms. The maximum absolute atomic E-state index is 15.1. The zero-order chi connectivity index (χ0) is 30.1. The Hall–Kier alpha value is -4.16. The monoisotopic (exact) mass is 578 g/mol. The first-order chi connectivity index (χ1) is 20.0. The van der Waals surface area contributed by atoms with Crippen LogP contribution in [0.3, 0.4) is 0 Å². The van der Waals surface area contributed by atoms with Gasteiger partial charge in [0.2, 0.25) is 11.8 Å². The van der Waals surface area contributed by atoms with Gasteiger partial charge in [-0.1, -0.05) is 6.92 Å². The largest absolute Gasteiger partial charge is 0.458 e. The average Bonchev–Trinajstić information content (AvgIpc) is 3.32. The minimum atomic E-state index is -1.99. The van der Waals surface area contributed by atoms with Gasteiger partial charge in [-0.3, -0.25) is 14.4 Å². The predicted molar refractivity (Wildman–Crippen MR) is 148 cm³/mol. The summed E-state index contributed by atoms with van der Waals surface area (Å²) in [5.74, 6) is -2.01. The summed E-state index contributed by atoms with van der Waals surface area (Å²) in [6, 6.07) is 2.42. The van der Waals surface area contributed by atoms with E-state index in [-0.39, 0.29) is 56.3 Å². The number of aliphatic hydroxyl groups is 2. The number of amides is 2. The van der Waals surface area contributed by atoms with Gasteiger partial charge in [0.25, 0.3) is 5.56 Å². The molecular formula is C30H31FN4O7. The molecule has 2 amide bonds. The number of aryl methyl sites for hydroxylation is 1. The van der Waals surface area contributed by atoms with Gasteiger partial charge in [0.1, 0.15) is 12.4 Å². The number of halogens is 1. The highest BCUT2D eigenvalue weighted by molar-refractivity contribution is 5.94. The average molecular weight is 579 g/mol.